The van der Waals surface area contributed by atoms with Crippen LogP contribution in [-0.2, 0) is 23.6 Å². The Hall–Kier alpha value is -1.86. The highest BCUT2D eigenvalue weighted by molar-refractivity contribution is 7.89. The van der Waals surface area contributed by atoms with Crippen molar-refractivity contribution in [3.8, 4) is 0 Å². The Labute approximate surface area is 118 Å². The normalized spacial score (nSPS) is 11.8. The number of nitrogens with zero attached hydrogens (tertiary/aromatic N) is 2. The molecule has 0 unspecified atom stereocenters. The summed E-state index contributed by atoms with van der Waals surface area (Å²) in [5.74, 6) is 0. The molecule has 2 rings (SSSR count). The number of hydrogen-bond acceptors (Lipinski definition) is 4. The second-order valence-corrected chi connectivity index (χ2v) is 6.48. The zero-order valence-electron chi connectivity index (χ0n) is 11.7. The highest BCUT2D eigenvalue weighted by Gasteiger charge is 2.20. The van der Waals surface area contributed by atoms with Crippen LogP contribution in [0.1, 0.15) is 16.7 Å². The zero-order chi connectivity index (χ0) is 14.9. The lowest BCUT2D eigenvalue weighted by Gasteiger charge is -2.13. The van der Waals surface area contributed by atoms with Gasteiger partial charge in [-0.1, -0.05) is 6.07 Å². The van der Waals surface area contributed by atoms with Crippen molar-refractivity contribution in [3.05, 3.63) is 41.2 Å². The van der Waals surface area contributed by atoms with E-state index >= 15 is 0 Å². The molecule has 0 aliphatic heterocycles. The third kappa shape index (κ3) is 2.83. The Morgan fingerprint density at radius 2 is 2.05 bits per heavy atom. The molecule has 7 heteroatoms. The first-order chi connectivity index (χ1) is 9.31. The number of benzene rings is 1. The van der Waals surface area contributed by atoms with Gasteiger partial charge in [-0.15, -0.1) is 0 Å². The van der Waals surface area contributed by atoms with Crippen molar-refractivity contribution in [3.63, 3.8) is 0 Å². The first kappa shape index (κ1) is 14.5. The molecule has 1 aromatic carbocycles. The summed E-state index contributed by atoms with van der Waals surface area (Å²) in [7, 11) is -1.82. The van der Waals surface area contributed by atoms with E-state index in [4.69, 9.17) is 5.73 Å². The molecular formula is C13H18N4O2S. The summed E-state index contributed by atoms with van der Waals surface area (Å²) in [5, 5.41) is 4.00. The molecule has 6 nitrogen and oxygen atoms in total. The minimum absolute atomic E-state index is 0.198. The third-order valence-corrected chi connectivity index (χ3v) is 4.83. The van der Waals surface area contributed by atoms with Crippen LogP contribution in [0.25, 0.3) is 0 Å². The van der Waals surface area contributed by atoms with E-state index in [9.17, 15) is 8.42 Å². The predicted molar refractivity (Wildman–Crippen MR) is 77.6 cm³/mol. The number of rotatable bonds is 4. The number of aryl methyl sites for hydroxylation is 2. The Kier molecular flexibility index (Phi) is 3.82. The lowest BCUT2D eigenvalue weighted by Crippen LogP contribution is -2.25. The van der Waals surface area contributed by atoms with Crippen molar-refractivity contribution >= 4 is 15.7 Å². The second-order valence-electron chi connectivity index (χ2n) is 4.77. The van der Waals surface area contributed by atoms with E-state index < -0.39 is 10.0 Å². The molecule has 0 spiro atoms. The van der Waals surface area contributed by atoms with Crippen LogP contribution in [0.15, 0.2) is 29.4 Å². The SMILES string of the molecule is Cc1ccc(N)c(C)c1S(=O)(=O)NCc1cnn(C)c1. The number of aromatic nitrogens is 2. The van der Waals surface area contributed by atoms with E-state index in [1.54, 1.807) is 50.1 Å². The quantitative estimate of drug-likeness (QED) is 0.826. The molecule has 0 aliphatic carbocycles. The van der Waals surface area contributed by atoms with E-state index in [-0.39, 0.29) is 11.4 Å². The average Bonchev–Trinajstić information content (AvgIpc) is 2.78. The second kappa shape index (κ2) is 5.26. The van der Waals surface area contributed by atoms with Gasteiger partial charge in [0.05, 0.1) is 11.1 Å². The summed E-state index contributed by atoms with van der Waals surface area (Å²) in [6, 6.07) is 3.42. The number of nitrogens with two attached hydrogens (primary N) is 1. The molecule has 3 N–H and O–H groups in total. The smallest absolute Gasteiger partial charge is 0.241 e. The van der Waals surface area contributed by atoms with Gasteiger partial charge < -0.3 is 5.73 Å². The predicted octanol–water partition coefficient (Wildman–Crippen LogP) is 1.10. The van der Waals surface area contributed by atoms with Crippen LogP contribution in [0.5, 0.6) is 0 Å². The summed E-state index contributed by atoms with van der Waals surface area (Å²) in [4.78, 5) is 0.251. The number of sulfonamides is 1. The van der Waals surface area contributed by atoms with Crippen LogP contribution in [0.4, 0.5) is 5.69 Å². The molecule has 0 bridgehead atoms. The first-order valence-electron chi connectivity index (χ1n) is 6.14. The van der Waals surface area contributed by atoms with Gasteiger partial charge in [-0.2, -0.15) is 5.10 Å². The molecular weight excluding hydrogens is 276 g/mol. The molecule has 0 saturated carbocycles. The fraction of sp³-hybridized carbons (Fsp3) is 0.308. The van der Waals surface area contributed by atoms with Crippen LogP contribution in [0.3, 0.4) is 0 Å². The lowest BCUT2D eigenvalue weighted by molar-refractivity contribution is 0.580. The Bertz CT molecular complexity index is 735. The van der Waals surface area contributed by atoms with Gasteiger partial charge >= 0.3 is 0 Å². The maximum absolute atomic E-state index is 12.4. The highest BCUT2D eigenvalue weighted by Crippen LogP contribution is 2.24. The van der Waals surface area contributed by atoms with Gasteiger partial charge in [0.25, 0.3) is 0 Å². The number of anilines is 1. The summed E-state index contributed by atoms with van der Waals surface area (Å²) in [6.45, 7) is 3.66. The fourth-order valence-corrected chi connectivity index (χ4v) is 3.58. The van der Waals surface area contributed by atoms with Gasteiger partial charge in [-0.05, 0) is 31.0 Å². The maximum atomic E-state index is 12.4. The van der Waals surface area contributed by atoms with Gasteiger partial charge in [0, 0.05) is 31.0 Å². The fourth-order valence-electron chi connectivity index (χ4n) is 2.07. The zero-order valence-corrected chi connectivity index (χ0v) is 12.5. The van der Waals surface area contributed by atoms with Crippen LogP contribution < -0.4 is 10.5 Å². The molecule has 0 radical (unpaired) electrons. The number of nitrogen functional groups attached to an aromatic ring is 1. The van der Waals surface area contributed by atoms with Crippen molar-refractivity contribution in [2.75, 3.05) is 5.73 Å². The van der Waals surface area contributed by atoms with Crippen molar-refractivity contribution in [2.45, 2.75) is 25.3 Å². The molecule has 1 heterocycles. The number of hydrogen-bond donors (Lipinski definition) is 2. The minimum atomic E-state index is -3.60. The summed E-state index contributed by atoms with van der Waals surface area (Å²) >= 11 is 0. The molecule has 2 aromatic rings. The topological polar surface area (TPSA) is 90.0 Å². The maximum Gasteiger partial charge on any atom is 0.241 e. The summed E-state index contributed by atoms with van der Waals surface area (Å²) in [5.41, 5.74) is 8.31. The minimum Gasteiger partial charge on any atom is -0.398 e. The van der Waals surface area contributed by atoms with E-state index in [1.807, 2.05) is 0 Å². The summed E-state index contributed by atoms with van der Waals surface area (Å²) in [6.07, 6.45) is 3.39. The summed E-state index contributed by atoms with van der Waals surface area (Å²) < 4.78 is 29.0. The van der Waals surface area contributed by atoms with E-state index in [1.165, 1.54) is 0 Å². The largest absolute Gasteiger partial charge is 0.398 e. The molecule has 0 fully saturated rings. The van der Waals surface area contributed by atoms with Crippen molar-refractivity contribution in [2.24, 2.45) is 7.05 Å². The van der Waals surface area contributed by atoms with Crippen LogP contribution in [-0.4, -0.2) is 18.2 Å². The van der Waals surface area contributed by atoms with Gasteiger partial charge in [0.2, 0.25) is 10.0 Å². The molecule has 20 heavy (non-hydrogen) atoms. The van der Waals surface area contributed by atoms with Crippen LogP contribution in [0, 0.1) is 13.8 Å². The number of nitrogens with one attached hydrogen (secondary N) is 1. The van der Waals surface area contributed by atoms with Gasteiger partial charge in [0.1, 0.15) is 0 Å². The van der Waals surface area contributed by atoms with Crippen molar-refractivity contribution < 1.29 is 8.42 Å². The van der Waals surface area contributed by atoms with Gasteiger partial charge in [0.15, 0.2) is 0 Å². The first-order valence-corrected chi connectivity index (χ1v) is 7.62. The van der Waals surface area contributed by atoms with E-state index in [0.29, 0.717) is 16.8 Å². The Morgan fingerprint density at radius 1 is 1.35 bits per heavy atom. The highest BCUT2D eigenvalue weighted by atomic mass is 32.2. The van der Waals surface area contributed by atoms with Gasteiger partial charge in [-0.3, -0.25) is 4.68 Å². The molecule has 108 valence electrons. The Balaban J connectivity index is 2.29. The van der Waals surface area contributed by atoms with Crippen LogP contribution >= 0.6 is 0 Å². The molecule has 0 atom stereocenters. The molecule has 1 aromatic heterocycles. The van der Waals surface area contributed by atoms with Crippen molar-refractivity contribution in [1.82, 2.24) is 14.5 Å². The Morgan fingerprint density at radius 3 is 2.65 bits per heavy atom. The van der Waals surface area contributed by atoms with E-state index in [2.05, 4.69) is 9.82 Å². The monoisotopic (exact) mass is 294 g/mol. The van der Waals surface area contributed by atoms with Crippen molar-refractivity contribution in [1.29, 1.82) is 0 Å². The molecule has 0 aliphatic rings. The van der Waals surface area contributed by atoms with E-state index in [0.717, 1.165) is 5.56 Å². The third-order valence-electron chi connectivity index (χ3n) is 3.14. The standard InChI is InChI=1S/C13H18N4O2S/c1-9-4-5-12(14)10(2)13(9)20(18,19)16-7-11-6-15-17(3)8-11/h4-6,8,16H,7,14H2,1-3H3. The lowest BCUT2D eigenvalue weighted by atomic mass is 10.1. The molecule has 0 saturated heterocycles. The average molecular weight is 294 g/mol. The van der Waals surface area contributed by atoms with Gasteiger partial charge in [-0.25, -0.2) is 13.1 Å². The molecule has 0 amide bonds. The van der Waals surface area contributed by atoms with Crippen LogP contribution in [0.2, 0.25) is 0 Å².